The normalized spacial score (nSPS) is 33.9. The van der Waals surface area contributed by atoms with Gasteiger partial charge in [-0.2, -0.15) is 0 Å². The van der Waals surface area contributed by atoms with Crippen LogP contribution in [0.5, 0.6) is 0 Å². The number of ether oxygens (including phenoxy) is 3. The third-order valence-corrected chi connectivity index (χ3v) is 4.50. The minimum absolute atomic E-state index is 0.0274. The number of halogens is 1. The highest BCUT2D eigenvalue weighted by molar-refractivity contribution is 14.1. The zero-order valence-electron chi connectivity index (χ0n) is 12.2. The number of hydrogen-bond acceptors (Lipinski definition) is 6. The van der Waals surface area contributed by atoms with Gasteiger partial charge in [-0.3, -0.25) is 0 Å². The van der Waals surface area contributed by atoms with Gasteiger partial charge in [-0.1, -0.05) is 30.3 Å². The van der Waals surface area contributed by atoms with Crippen LogP contribution in [0.15, 0.2) is 30.3 Å². The van der Waals surface area contributed by atoms with Crippen LogP contribution in [-0.4, -0.2) is 63.0 Å². The molecule has 1 aromatic rings. The van der Waals surface area contributed by atoms with Crippen molar-refractivity contribution in [1.82, 2.24) is 4.90 Å². The maximum Gasteiger partial charge on any atom is 0.410 e. The molecule has 0 aliphatic carbocycles. The smallest absolute Gasteiger partial charge is 0.410 e. The standard InChI is InChI=1S/C15H18INO6/c16-14-22-11-7-17(6-10(18)12(19)13(11)23-14)15(20)21-8-9-4-2-1-3-5-9/h1-5,10-14,18-19H,6-8H2/t10-,11+,12+,13-,14?/m0/s1. The van der Waals surface area contributed by atoms with Crippen LogP contribution in [0.4, 0.5) is 4.79 Å². The SMILES string of the molecule is O=C(OCc1ccccc1)N1C[C@H](O)[C@@H](O)[C@H]2OC(I)O[C@@H]2C1. The van der Waals surface area contributed by atoms with Gasteiger partial charge in [0, 0.05) is 0 Å². The summed E-state index contributed by atoms with van der Waals surface area (Å²) in [5, 5.41) is 20.2. The number of alkyl halides is 1. The summed E-state index contributed by atoms with van der Waals surface area (Å²) in [4.78, 5) is 13.6. The van der Waals surface area contributed by atoms with Gasteiger partial charge in [0.2, 0.25) is 4.30 Å². The predicted octanol–water partition coefficient (Wildman–Crippen LogP) is 0.863. The third-order valence-electron chi connectivity index (χ3n) is 3.91. The molecule has 3 rings (SSSR count). The van der Waals surface area contributed by atoms with Crippen molar-refractivity contribution in [3.05, 3.63) is 35.9 Å². The Hall–Kier alpha value is -0.940. The lowest BCUT2D eigenvalue weighted by atomic mass is 10.1. The van der Waals surface area contributed by atoms with Crippen molar-refractivity contribution < 1.29 is 29.2 Å². The quantitative estimate of drug-likeness (QED) is 0.530. The van der Waals surface area contributed by atoms with Crippen molar-refractivity contribution >= 4 is 28.7 Å². The number of β-amino-alcohol motifs (C(OH)–C–C–N with tert-alkyl or cyclic N) is 1. The van der Waals surface area contributed by atoms with E-state index in [4.69, 9.17) is 14.2 Å². The molecule has 2 N–H and O–H groups in total. The fraction of sp³-hybridized carbons (Fsp3) is 0.533. The van der Waals surface area contributed by atoms with Gasteiger partial charge in [0.25, 0.3) is 0 Å². The zero-order valence-corrected chi connectivity index (χ0v) is 14.4. The Morgan fingerprint density at radius 1 is 1.26 bits per heavy atom. The van der Waals surface area contributed by atoms with E-state index in [0.717, 1.165) is 5.56 Å². The number of rotatable bonds is 2. The van der Waals surface area contributed by atoms with Crippen LogP contribution in [0, 0.1) is 0 Å². The van der Waals surface area contributed by atoms with E-state index in [1.54, 1.807) is 0 Å². The highest BCUT2D eigenvalue weighted by Crippen LogP contribution is 2.30. The predicted molar refractivity (Wildman–Crippen MR) is 87.8 cm³/mol. The van der Waals surface area contributed by atoms with Crippen molar-refractivity contribution in [2.45, 2.75) is 35.3 Å². The molecule has 0 bridgehead atoms. The molecule has 5 atom stereocenters. The van der Waals surface area contributed by atoms with Gasteiger partial charge in [0.15, 0.2) is 0 Å². The second kappa shape index (κ2) is 7.31. The van der Waals surface area contributed by atoms with E-state index in [9.17, 15) is 15.0 Å². The molecule has 2 aliphatic rings. The van der Waals surface area contributed by atoms with E-state index >= 15 is 0 Å². The topological polar surface area (TPSA) is 88.5 Å². The first kappa shape index (κ1) is 16.9. The summed E-state index contributed by atoms with van der Waals surface area (Å²) in [5.74, 6) is 0. The number of aliphatic hydroxyl groups excluding tert-OH is 2. The molecule has 1 unspecified atom stereocenters. The minimum atomic E-state index is -1.11. The van der Waals surface area contributed by atoms with Crippen LogP contribution in [-0.2, 0) is 20.8 Å². The van der Waals surface area contributed by atoms with Gasteiger partial charge in [-0.15, -0.1) is 0 Å². The highest BCUT2D eigenvalue weighted by atomic mass is 127. The van der Waals surface area contributed by atoms with Crippen LogP contribution in [0.25, 0.3) is 0 Å². The molecule has 0 saturated carbocycles. The molecule has 8 heteroatoms. The average molecular weight is 435 g/mol. The van der Waals surface area contributed by atoms with Crippen LogP contribution in [0.1, 0.15) is 5.56 Å². The van der Waals surface area contributed by atoms with Gasteiger partial charge in [-0.05, 0) is 28.2 Å². The minimum Gasteiger partial charge on any atom is -0.445 e. The number of benzene rings is 1. The molecule has 2 aliphatic heterocycles. The summed E-state index contributed by atoms with van der Waals surface area (Å²) in [6.45, 7) is 0.321. The first-order chi connectivity index (χ1) is 11.0. The number of aliphatic hydroxyl groups is 2. The summed E-state index contributed by atoms with van der Waals surface area (Å²) in [6, 6.07) is 9.34. The summed E-state index contributed by atoms with van der Waals surface area (Å²) in [5.41, 5.74) is 0.877. The lowest BCUT2D eigenvalue weighted by Gasteiger charge is -2.23. The summed E-state index contributed by atoms with van der Waals surface area (Å²) >= 11 is 1.94. The number of carbonyl (C=O) groups excluding carboxylic acids is 1. The highest BCUT2D eigenvalue weighted by Gasteiger charge is 2.46. The molecule has 126 valence electrons. The number of likely N-dealkylation sites (tertiary alicyclic amines) is 1. The molecule has 0 radical (unpaired) electrons. The Bertz CT molecular complexity index is 544. The van der Waals surface area contributed by atoms with E-state index in [-0.39, 0.29) is 19.7 Å². The van der Waals surface area contributed by atoms with Crippen molar-refractivity contribution in [3.63, 3.8) is 0 Å². The summed E-state index contributed by atoms with van der Waals surface area (Å²) < 4.78 is 15.8. The Kier molecular flexibility index (Phi) is 5.37. The molecular formula is C15H18INO6. The molecule has 0 aromatic heterocycles. The fourth-order valence-electron chi connectivity index (χ4n) is 2.71. The largest absolute Gasteiger partial charge is 0.445 e. The monoisotopic (exact) mass is 435 g/mol. The van der Waals surface area contributed by atoms with E-state index < -0.39 is 34.8 Å². The van der Waals surface area contributed by atoms with E-state index in [2.05, 4.69) is 0 Å². The second-order valence-corrected chi connectivity index (χ2v) is 6.57. The van der Waals surface area contributed by atoms with Gasteiger partial charge in [0.1, 0.15) is 31.0 Å². The summed E-state index contributed by atoms with van der Waals surface area (Å²) in [7, 11) is 0. The van der Waals surface area contributed by atoms with Crippen LogP contribution >= 0.6 is 22.6 Å². The molecule has 2 saturated heterocycles. The maximum atomic E-state index is 12.3. The Morgan fingerprint density at radius 2 is 2.00 bits per heavy atom. The zero-order chi connectivity index (χ0) is 16.4. The molecule has 1 aromatic carbocycles. The van der Waals surface area contributed by atoms with Crippen molar-refractivity contribution in [2.24, 2.45) is 0 Å². The first-order valence-corrected chi connectivity index (χ1v) is 8.56. The number of carbonyl (C=O) groups is 1. The number of fused-ring (bicyclic) bond motifs is 1. The second-order valence-electron chi connectivity index (χ2n) is 5.55. The Labute approximate surface area is 147 Å². The van der Waals surface area contributed by atoms with Crippen LogP contribution in [0.3, 0.4) is 0 Å². The Morgan fingerprint density at radius 3 is 2.74 bits per heavy atom. The number of hydrogen-bond donors (Lipinski definition) is 2. The summed E-state index contributed by atoms with van der Waals surface area (Å²) in [6.07, 6.45) is -3.92. The lowest BCUT2D eigenvalue weighted by molar-refractivity contribution is -0.0726. The van der Waals surface area contributed by atoms with E-state index in [1.807, 2.05) is 52.9 Å². The van der Waals surface area contributed by atoms with Gasteiger partial charge < -0.3 is 29.3 Å². The molecule has 2 fully saturated rings. The first-order valence-electron chi connectivity index (χ1n) is 7.31. The van der Waals surface area contributed by atoms with Gasteiger partial charge in [-0.25, -0.2) is 4.79 Å². The van der Waals surface area contributed by atoms with E-state index in [0.29, 0.717) is 0 Å². The third kappa shape index (κ3) is 3.94. The number of amides is 1. The molecule has 1 amide bonds. The van der Waals surface area contributed by atoms with Crippen LogP contribution in [0.2, 0.25) is 0 Å². The molecule has 2 heterocycles. The average Bonchev–Trinajstić information content (AvgIpc) is 2.87. The lowest BCUT2D eigenvalue weighted by Crippen LogP contribution is -2.42. The van der Waals surface area contributed by atoms with E-state index in [1.165, 1.54) is 4.90 Å². The van der Waals surface area contributed by atoms with Gasteiger partial charge >= 0.3 is 6.09 Å². The van der Waals surface area contributed by atoms with Crippen molar-refractivity contribution in [2.75, 3.05) is 13.1 Å². The molecule has 0 spiro atoms. The molecular weight excluding hydrogens is 417 g/mol. The van der Waals surface area contributed by atoms with Crippen molar-refractivity contribution in [1.29, 1.82) is 0 Å². The maximum absolute atomic E-state index is 12.3. The fourth-order valence-corrected chi connectivity index (χ4v) is 3.43. The van der Waals surface area contributed by atoms with Gasteiger partial charge in [0.05, 0.1) is 13.1 Å². The number of nitrogens with zero attached hydrogens (tertiary/aromatic N) is 1. The molecule has 23 heavy (non-hydrogen) atoms. The van der Waals surface area contributed by atoms with Crippen LogP contribution < -0.4 is 0 Å². The van der Waals surface area contributed by atoms with Crippen molar-refractivity contribution in [3.8, 4) is 0 Å². The Balaban J connectivity index is 1.63. The molecule has 7 nitrogen and oxygen atoms in total.